The van der Waals surface area contributed by atoms with Gasteiger partial charge in [0, 0.05) is 10.6 Å². The van der Waals surface area contributed by atoms with E-state index in [0.717, 1.165) is 0 Å². The molecule has 1 amide bonds. The highest BCUT2D eigenvalue weighted by molar-refractivity contribution is 7.80. The Labute approximate surface area is 132 Å². The highest BCUT2D eigenvalue weighted by atomic mass is 35.5. The van der Waals surface area contributed by atoms with Crippen LogP contribution in [0.15, 0.2) is 41.3 Å². The first kappa shape index (κ1) is 14.9. The minimum Gasteiger partial charge on any atom is -0.322 e. The number of nitrogens with one attached hydrogen (secondary N) is 1. The molecule has 0 aliphatic rings. The SMILES string of the molecule is N#Cc1ccc(NC(=O)c2cc(S)ccc2Cl)cc1C#N. The van der Waals surface area contributed by atoms with Crippen LogP contribution in [0.3, 0.4) is 0 Å². The zero-order valence-electron chi connectivity index (χ0n) is 10.6. The van der Waals surface area contributed by atoms with Crippen molar-refractivity contribution in [2.75, 3.05) is 5.32 Å². The highest BCUT2D eigenvalue weighted by Gasteiger charge is 2.12. The van der Waals surface area contributed by atoms with Crippen LogP contribution in [0.1, 0.15) is 21.5 Å². The van der Waals surface area contributed by atoms with Crippen molar-refractivity contribution >= 4 is 35.8 Å². The van der Waals surface area contributed by atoms with Gasteiger partial charge in [0.2, 0.25) is 0 Å². The van der Waals surface area contributed by atoms with Gasteiger partial charge in [0.1, 0.15) is 12.1 Å². The van der Waals surface area contributed by atoms with E-state index in [1.165, 1.54) is 12.1 Å². The van der Waals surface area contributed by atoms with Crippen LogP contribution in [0.5, 0.6) is 0 Å². The fraction of sp³-hybridized carbons (Fsp3) is 0. The standard InChI is InChI=1S/C15H8ClN3OS/c16-14-4-3-12(21)6-13(14)15(20)19-11-2-1-9(7-17)10(5-11)8-18/h1-6,21H,(H,19,20). The number of benzene rings is 2. The second-order valence-electron chi connectivity index (χ2n) is 4.10. The molecule has 102 valence electrons. The largest absolute Gasteiger partial charge is 0.322 e. The van der Waals surface area contributed by atoms with Gasteiger partial charge in [-0.25, -0.2) is 0 Å². The lowest BCUT2D eigenvalue weighted by atomic mass is 10.1. The zero-order chi connectivity index (χ0) is 15.4. The summed E-state index contributed by atoms with van der Waals surface area (Å²) in [6.07, 6.45) is 0. The zero-order valence-corrected chi connectivity index (χ0v) is 12.2. The van der Waals surface area contributed by atoms with E-state index in [0.29, 0.717) is 15.6 Å². The van der Waals surface area contributed by atoms with Gasteiger partial charge in [-0.2, -0.15) is 10.5 Å². The molecule has 0 saturated carbocycles. The van der Waals surface area contributed by atoms with Crippen LogP contribution in [0, 0.1) is 22.7 Å². The third kappa shape index (κ3) is 3.35. The molecule has 0 spiro atoms. The molecule has 0 aliphatic heterocycles. The minimum absolute atomic E-state index is 0.198. The summed E-state index contributed by atoms with van der Waals surface area (Å²) in [6.45, 7) is 0. The van der Waals surface area contributed by atoms with E-state index in [2.05, 4.69) is 17.9 Å². The van der Waals surface area contributed by atoms with Gasteiger partial charge >= 0.3 is 0 Å². The number of carbonyl (C=O) groups excluding carboxylic acids is 1. The number of rotatable bonds is 2. The maximum atomic E-state index is 12.2. The Bertz CT molecular complexity index is 806. The fourth-order valence-corrected chi connectivity index (χ4v) is 2.10. The number of nitriles is 2. The van der Waals surface area contributed by atoms with Crippen LogP contribution in [0.4, 0.5) is 5.69 Å². The lowest BCUT2D eigenvalue weighted by molar-refractivity contribution is 0.102. The normalized spacial score (nSPS) is 9.52. The number of amides is 1. The van der Waals surface area contributed by atoms with Crippen molar-refractivity contribution in [3.63, 3.8) is 0 Å². The Morgan fingerprint density at radius 1 is 1.10 bits per heavy atom. The lowest BCUT2D eigenvalue weighted by Gasteiger charge is -2.08. The molecular formula is C15H8ClN3OS. The van der Waals surface area contributed by atoms with E-state index < -0.39 is 5.91 Å². The van der Waals surface area contributed by atoms with Crippen molar-refractivity contribution in [2.24, 2.45) is 0 Å². The van der Waals surface area contributed by atoms with Crippen LogP contribution in [-0.4, -0.2) is 5.91 Å². The molecule has 0 saturated heterocycles. The summed E-state index contributed by atoms with van der Waals surface area (Å²) in [6, 6.07) is 13.1. The molecule has 21 heavy (non-hydrogen) atoms. The van der Waals surface area contributed by atoms with Gasteiger partial charge in [0.25, 0.3) is 5.91 Å². The monoisotopic (exact) mass is 313 g/mol. The Balaban J connectivity index is 2.30. The molecule has 1 N–H and O–H groups in total. The summed E-state index contributed by atoms with van der Waals surface area (Å²) in [5.41, 5.74) is 1.15. The average Bonchev–Trinajstić information content (AvgIpc) is 2.49. The van der Waals surface area contributed by atoms with Crippen LogP contribution >= 0.6 is 24.2 Å². The lowest BCUT2D eigenvalue weighted by Crippen LogP contribution is -2.12. The van der Waals surface area contributed by atoms with Crippen molar-refractivity contribution in [3.8, 4) is 12.1 Å². The topological polar surface area (TPSA) is 76.7 Å². The Hall–Kier alpha value is -2.47. The third-order valence-electron chi connectivity index (χ3n) is 2.71. The van der Waals surface area contributed by atoms with Crippen LogP contribution in [0.2, 0.25) is 5.02 Å². The first-order valence-corrected chi connectivity index (χ1v) is 6.62. The van der Waals surface area contributed by atoms with Crippen LogP contribution in [-0.2, 0) is 0 Å². The van der Waals surface area contributed by atoms with E-state index >= 15 is 0 Å². The minimum atomic E-state index is -0.413. The first-order chi connectivity index (χ1) is 10.0. The van der Waals surface area contributed by atoms with Gasteiger partial charge in [-0.1, -0.05) is 11.6 Å². The van der Waals surface area contributed by atoms with Crippen molar-refractivity contribution < 1.29 is 4.79 Å². The second kappa shape index (κ2) is 6.32. The van der Waals surface area contributed by atoms with E-state index in [1.807, 2.05) is 12.1 Å². The van der Waals surface area contributed by atoms with Gasteiger partial charge < -0.3 is 5.32 Å². The molecule has 2 aromatic rings. The number of nitrogens with zero attached hydrogens (tertiary/aromatic N) is 2. The summed E-state index contributed by atoms with van der Waals surface area (Å²) in [7, 11) is 0. The van der Waals surface area contributed by atoms with E-state index in [-0.39, 0.29) is 16.7 Å². The summed E-state index contributed by atoms with van der Waals surface area (Å²) >= 11 is 10.1. The molecule has 0 aliphatic carbocycles. The van der Waals surface area contributed by atoms with Gasteiger partial charge in [0.05, 0.1) is 21.7 Å². The Morgan fingerprint density at radius 3 is 2.48 bits per heavy atom. The molecule has 0 aromatic heterocycles. The van der Waals surface area contributed by atoms with Crippen molar-refractivity contribution in [1.29, 1.82) is 10.5 Å². The average molecular weight is 314 g/mol. The molecular weight excluding hydrogens is 306 g/mol. The van der Waals surface area contributed by atoms with E-state index in [1.54, 1.807) is 24.3 Å². The van der Waals surface area contributed by atoms with Gasteiger partial charge in [-0.15, -0.1) is 12.6 Å². The quantitative estimate of drug-likeness (QED) is 0.831. The van der Waals surface area contributed by atoms with Gasteiger partial charge in [-0.3, -0.25) is 4.79 Å². The van der Waals surface area contributed by atoms with E-state index in [4.69, 9.17) is 22.1 Å². The van der Waals surface area contributed by atoms with Gasteiger partial charge in [-0.05, 0) is 36.4 Å². The summed E-state index contributed by atoms with van der Waals surface area (Å²) < 4.78 is 0. The molecule has 2 aromatic carbocycles. The van der Waals surface area contributed by atoms with Gasteiger partial charge in [0.15, 0.2) is 0 Å². The number of thiol groups is 1. The molecule has 6 heteroatoms. The van der Waals surface area contributed by atoms with Crippen LogP contribution in [0.25, 0.3) is 0 Å². The molecule has 0 radical (unpaired) electrons. The molecule has 0 fully saturated rings. The predicted octanol–water partition coefficient (Wildman–Crippen LogP) is 3.62. The molecule has 0 atom stereocenters. The summed E-state index contributed by atoms with van der Waals surface area (Å²) in [5.74, 6) is -0.413. The molecule has 0 bridgehead atoms. The Kier molecular flexibility index (Phi) is 4.49. The van der Waals surface area contributed by atoms with Crippen molar-refractivity contribution in [1.82, 2.24) is 0 Å². The number of halogens is 1. The Morgan fingerprint density at radius 2 is 1.81 bits per heavy atom. The first-order valence-electron chi connectivity index (χ1n) is 5.79. The number of anilines is 1. The highest BCUT2D eigenvalue weighted by Crippen LogP contribution is 2.22. The number of carbonyl (C=O) groups is 1. The second-order valence-corrected chi connectivity index (χ2v) is 5.03. The fourth-order valence-electron chi connectivity index (χ4n) is 1.70. The predicted molar refractivity (Wildman–Crippen MR) is 82.5 cm³/mol. The summed E-state index contributed by atoms with van der Waals surface area (Å²) in [4.78, 5) is 12.8. The maximum Gasteiger partial charge on any atom is 0.257 e. The number of hydrogen-bond donors (Lipinski definition) is 2. The molecule has 0 unspecified atom stereocenters. The number of hydrogen-bond acceptors (Lipinski definition) is 4. The van der Waals surface area contributed by atoms with Crippen LogP contribution < -0.4 is 5.32 Å². The van der Waals surface area contributed by atoms with Crippen molar-refractivity contribution in [2.45, 2.75) is 4.90 Å². The molecule has 4 nitrogen and oxygen atoms in total. The maximum absolute atomic E-state index is 12.2. The summed E-state index contributed by atoms with van der Waals surface area (Å²) in [5, 5.41) is 20.8. The molecule has 0 heterocycles. The smallest absolute Gasteiger partial charge is 0.257 e. The molecule has 2 rings (SSSR count). The van der Waals surface area contributed by atoms with Crippen molar-refractivity contribution in [3.05, 3.63) is 58.1 Å². The third-order valence-corrected chi connectivity index (χ3v) is 3.32. The van der Waals surface area contributed by atoms with E-state index in [9.17, 15) is 4.79 Å².